The molecule has 0 spiro atoms. The van der Waals surface area contributed by atoms with Crippen molar-refractivity contribution in [3.05, 3.63) is 114 Å². The molecule has 7 aromatic rings. The van der Waals surface area contributed by atoms with Gasteiger partial charge in [0.15, 0.2) is 0 Å². The Kier molecular flexibility index (Phi) is 7.05. The fourth-order valence-corrected chi connectivity index (χ4v) is 8.95. The summed E-state index contributed by atoms with van der Waals surface area (Å²) in [5.41, 5.74) is 11.3. The molecule has 220 valence electrons. The zero-order chi connectivity index (χ0) is 30.7. The number of hydrogen-bond acceptors (Lipinski definition) is 2. The first-order valence-electron chi connectivity index (χ1n) is 15.8. The molecule has 0 fully saturated rings. The van der Waals surface area contributed by atoms with Crippen LogP contribution in [0.5, 0.6) is 0 Å². The Morgan fingerprint density at radius 1 is 0.659 bits per heavy atom. The van der Waals surface area contributed by atoms with Gasteiger partial charge in [0.2, 0.25) is 0 Å². The normalized spacial score (nSPS) is 12.4. The Hall–Kier alpha value is -4.09. The first-order valence-corrected chi connectivity index (χ1v) is 23.1. The Labute approximate surface area is 262 Å². The average Bonchev–Trinajstić information content (AvgIpc) is 3.58. The van der Waals surface area contributed by atoms with E-state index in [9.17, 15) is 0 Å². The molecule has 0 unspecified atom stereocenters. The van der Waals surface area contributed by atoms with Crippen molar-refractivity contribution in [1.82, 2.24) is 9.55 Å². The molecule has 2 aromatic heterocycles. The first-order chi connectivity index (χ1) is 21.1. The van der Waals surface area contributed by atoms with Crippen LogP contribution in [0.2, 0.25) is 17.3 Å². The van der Waals surface area contributed by atoms with Gasteiger partial charge in [0, 0.05) is 10.8 Å². The molecule has 3 nitrogen and oxygen atoms in total. The molecule has 0 N–H and O–H groups in total. The van der Waals surface area contributed by atoms with Crippen LogP contribution >= 0.6 is 0 Å². The van der Waals surface area contributed by atoms with E-state index in [0.29, 0.717) is 11.8 Å². The molecular formula is C40H40GeN2O. The summed E-state index contributed by atoms with van der Waals surface area (Å²) in [6.45, 7) is 9.23. The molecule has 0 bridgehead atoms. The van der Waals surface area contributed by atoms with E-state index < -0.39 is 13.3 Å². The molecule has 0 aliphatic rings. The summed E-state index contributed by atoms with van der Waals surface area (Å²) >= 11 is -1.90. The van der Waals surface area contributed by atoms with Crippen LogP contribution in [0.15, 0.2) is 108 Å². The maximum atomic E-state index is 6.54. The van der Waals surface area contributed by atoms with Gasteiger partial charge in [-0.2, -0.15) is 0 Å². The summed E-state index contributed by atoms with van der Waals surface area (Å²) < 4.78 is 10.5. The van der Waals surface area contributed by atoms with Crippen LogP contribution in [0, 0.1) is 0 Å². The van der Waals surface area contributed by atoms with Gasteiger partial charge in [-0.05, 0) is 6.07 Å². The fraction of sp³-hybridized carbons (Fsp3) is 0.225. The van der Waals surface area contributed by atoms with Crippen molar-refractivity contribution in [1.29, 1.82) is 0 Å². The molecule has 7 rings (SSSR count). The van der Waals surface area contributed by atoms with Crippen molar-refractivity contribution in [2.75, 3.05) is 0 Å². The summed E-state index contributed by atoms with van der Waals surface area (Å²) in [7, 11) is 0. The van der Waals surface area contributed by atoms with E-state index in [1.54, 1.807) is 0 Å². The SMILES string of the molecule is CC(C)c1cc(-c2cc[c]([Ge]([CH3])([CH3])[CH3])cc2)cc(C(C)C)c1-n1c(-c2cccc3c2oc2ccccc23)nc2ccccc21. The van der Waals surface area contributed by atoms with Gasteiger partial charge in [-0.3, -0.25) is 0 Å². The molecule has 5 aromatic carbocycles. The molecule has 0 atom stereocenters. The van der Waals surface area contributed by atoms with Gasteiger partial charge in [-0.15, -0.1) is 0 Å². The second-order valence-electron chi connectivity index (χ2n) is 13.7. The molecule has 0 saturated heterocycles. The third-order valence-corrected chi connectivity index (χ3v) is 13.3. The summed E-state index contributed by atoms with van der Waals surface area (Å²) in [4.78, 5) is 5.30. The Balaban J connectivity index is 1.53. The Morgan fingerprint density at radius 2 is 1.30 bits per heavy atom. The van der Waals surface area contributed by atoms with Crippen molar-refractivity contribution in [3.63, 3.8) is 0 Å². The average molecular weight is 637 g/mol. The van der Waals surface area contributed by atoms with E-state index >= 15 is 0 Å². The topological polar surface area (TPSA) is 31.0 Å². The van der Waals surface area contributed by atoms with Crippen LogP contribution in [-0.4, -0.2) is 22.8 Å². The van der Waals surface area contributed by atoms with Gasteiger partial charge >= 0.3 is 201 Å². The molecule has 44 heavy (non-hydrogen) atoms. The molecule has 4 heteroatoms. The van der Waals surface area contributed by atoms with Crippen LogP contribution in [0.25, 0.3) is 61.2 Å². The minimum atomic E-state index is -1.90. The van der Waals surface area contributed by atoms with Crippen molar-refractivity contribution in [2.24, 2.45) is 0 Å². The van der Waals surface area contributed by atoms with E-state index in [4.69, 9.17) is 9.40 Å². The maximum absolute atomic E-state index is 6.54. The summed E-state index contributed by atoms with van der Waals surface area (Å²) in [6, 6.07) is 37.5. The second-order valence-corrected chi connectivity index (χ2v) is 24.3. The molecule has 0 amide bonds. The van der Waals surface area contributed by atoms with E-state index in [1.165, 1.54) is 32.3 Å². The van der Waals surface area contributed by atoms with Crippen molar-refractivity contribution in [3.8, 4) is 28.2 Å². The molecular weight excluding hydrogens is 597 g/mol. The van der Waals surface area contributed by atoms with E-state index in [2.05, 4.69) is 141 Å². The van der Waals surface area contributed by atoms with Crippen LogP contribution in [0.3, 0.4) is 0 Å². The number of fused-ring (bicyclic) bond motifs is 4. The Morgan fingerprint density at radius 3 is 1.98 bits per heavy atom. The number of furan rings is 1. The third kappa shape index (κ3) is 4.78. The van der Waals surface area contributed by atoms with E-state index in [0.717, 1.165) is 44.4 Å². The quantitative estimate of drug-likeness (QED) is 0.170. The number of para-hydroxylation sites is 4. The standard InChI is InChI=1S/C40H40GeN2O/c1-25(2)33-23-28(27-19-21-29(22-20-27)41(5,6)7)24-34(26(3)4)38(33)43-36-17-10-9-16-35(36)42-40(43)32-15-12-14-31-30-13-8-11-18-37(30)44-39(31)32/h8-26H,1-7H3. The minimum absolute atomic E-state index is 0.308. The molecule has 2 heterocycles. The van der Waals surface area contributed by atoms with Crippen molar-refractivity contribution < 1.29 is 4.42 Å². The Bertz CT molecular complexity index is 2130. The molecule has 0 aliphatic heterocycles. The van der Waals surface area contributed by atoms with Gasteiger partial charge in [-0.1, -0.05) is 36.4 Å². The second kappa shape index (κ2) is 10.8. The van der Waals surface area contributed by atoms with Crippen molar-refractivity contribution in [2.45, 2.75) is 56.8 Å². The number of hydrogen-bond donors (Lipinski definition) is 0. The number of imidazole rings is 1. The van der Waals surface area contributed by atoms with E-state index in [-0.39, 0.29) is 0 Å². The van der Waals surface area contributed by atoms with Crippen LogP contribution in [-0.2, 0) is 0 Å². The monoisotopic (exact) mass is 638 g/mol. The summed E-state index contributed by atoms with van der Waals surface area (Å²) in [5, 5.41) is 2.24. The zero-order valence-corrected chi connectivity index (χ0v) is 28.9. The fourth-order valence-electron chi connectivity index (χ4n) is 6.50. The molecule has 0 saturated carbocycles. The predicted molar refractivity (Wildman–Crippen MR) is 190 cm³/mol. The van der Waals surface area contributed by atoms with Gasteiger partial charge in [-0.25, -0.2) is 0 Å². The number of aromatic nitrogens is 2. The molecule has 0 aliphatic carbocycles. The van der Waals surface area contributed by atoms with Gasteiger partial charge < -0.3 is 4.42 Å². The van der Waals surface area contributed by atoms with Crippen LogP contribution in [0.4, 0.5) is 0 Å². The van der Waals surface area contributed by atoms with Gasteiger partial charge in [0.1, 0.15) is 5.58 Å². The zero-order valence-electron chi connectivity index (χ0n) is 26.8. The van der Waals surface area contributed by atoms with Gasteiger partial charge in [0.25, 0.3) is 0 Å². The van der Waals surface area contributed by atoms with Crippen molar-refractivity contribution >= 4 is 50.6 Å². The van der Waals surface area contributed by atoms with Crippen LogP contribution in [0.1, 0.15) is 50.7 Å². The summed E-state index contributed by atoms with van der Waals surface area (Å²) in [6.07, 6.45) is 0. The third-order valence-electron chi connectivity index (χ3n) is 8.93. The summed E-state index contributed by atoms with van der Waals surface area (Å²) in [5.74, 6) is 8.89. The number of nitrogens with zero attached hydrogens (tertiary/aromatic N) is 2. The number of benzene rings is 5. The molecule has 0 radical (unpaired) electrons. The predicted octanol–water partition coefficient (Wildman–Crippen LogP) is 11.1. The number of rotatable bonds is 6. The van der Waals surface area contributed by atoms with Crippen LogP contribution < -0.4 is 4.40 Å². The van der Waals surface area contributed by atoms with Gasteiger partial charge in [0.05, 0.1) is 0 Å². The van der Waals surface area contributed by atoms with E-state index in [1.807, 2.05) is 12.1 Å². The first kappa shape index (κ1) is 28.7.